The molecule has 1 atom stereocenters. The first-order valence-corrected chi connectivity index (χ1v) is 8.88. The number of aliphatic hydroxyl groups is 1. The van der Waals surface area contributed by atoms with Crippen molar-refractivity contribution in [3.63, 3.8) is 0 Å². The number of carbonyl (C=O) groups is 1. The summed E-state index contributed by atoms with van der Waals surface area (Å²) in [5.74, 6) is 0.388. The minimum absolute atomic E-state index is 0.0497. The van der Waals surface area contributed by atoms with E-state index in [0.29, 0.717) is 22.4 Å². The predicted octanol–water partition coefficient (Wildman–Crippen LogP) is 3.43. The van der Waals surface area contributed by atoms with Crippen LogP contribution in [-0.4, -0.2) is 22.3 Å². The van der Waals surface area contributed by atoms with Gasteiger partial charge in [-0.25, -0.2) is 4.79 Å². The third kappa shape index (κ3) is 4.53. The molecule has 0 bridgehead atoms. The molecule has 0 heterocycles. The Morgan fingerprint density at radius 2 is 1.92 bits per heavy atom. The van der Waals surface area contributed by atoms with Gasteiger partial charge in [0.2, 0.25) is 0 Å². The quantitative estimate of drug-likeness (QED) is 0.628. The summed E-state index contributed by atoms with van der Waals surface area (Å²) in [5, 5.41) is 22.6. The number of nitrogens with two attached hydrogens (primary N) is 1. The van der Waals surface area contributed by atoms with Gasteiger partial charge in [0.15, 0.2) is 0 Å². The van der Waals surface area contributed by atoms with Gasteiger partial charge >= 0.3 is 6.09 Å². The lowest BCUT2D eigenvalue weighted by Crippen LogP contribution is -2.37. The first-order chi connectivity index (χ1) is 12.5. The smallest absolute Gasteiger partial charge is 0.412 e. The molecule has 0 aromatic heterocycles. The molecule has 1 fully saturated rings. The van der Waals surface area contributed by atoms with E-state index in [1.807, 2.05) is 0 Å². The molecule has 6 heteroatoms. The van der Waals surface area contributed by atoms with Gasteiger partial charge in [0, 0.05) is 11.6 Å². The van der Waals surface area contributed by atoms with Crippen LogP contribution in [0, 0.1) is 0 Å². The largest absolute Gasteiger partial charge is 0.507 e. The highest BCUT2D eigenvalue weighted by atomic mass is 16.6. The maximum atomic E-state index is 12.1. The van der Waals surface area contributed by atoms with Crippen LogP contribution in [0.4, 0.5) is 4.79 Å². The zero-order chi connectivity index (χ0) is 18.5. The number of aromatic hydroxyl groups is 1. The van der Waals surface area contributed by atoms with Crippen molar-refractivity contribution in [3.05, 3.63) is 48.0 Å². The molecule has 1 amide bonds. The van der Waals surface area contributed by atoms with Crippen LogP contribution in [0.15, 0.2) is 42.5 Å². The van der Waals surface area contributed by atoms with E-state index in [4.69, 9.17) is 10.5 Å². The number of ether oxygens (including phenoxy) is 1. The van der Waals surface area contributed by atoms with Crippen molar-refractivity contribution in [2.45, 2.75) is 44.4 Å². The number of rotatable bonds is 4. The lowest BCUT2D eigenvalue weighted by molar-refractivity contribution is 0.186. The Balaban J connectivity index is 1.75. The molecule has 2 aromatic rings. The number of hydrogen-bond donors (Lipinski definition) is 4. The molecule has 138 valence electrons. The van der Waals surface area contributed by atoms with Crippen molar-refractivity contribution >= 4 is 6.09 Å². The summed E-state index contributed by atoms with van der Waals surface area (Å²) in [4.78, 5) is 12.1. The maximum absolute atomic E-state index is 12.1. The van der Waals surface area contributed by atoms with E-state index >= 15 is 0 Å². The van der Waals surface area contributed by atoms with Crippen LogP contribution in [0.3, 0.4) is 0 Å². The highest BCUT2D eigenvalue weighted by molar-refractivity contribution is 5.75. The van der Waals surface area contributed by atoms with Crippen molar-refractivity contribution in [3.8, 4) is 22.6 Å². The lowest BCUT2D eigenvalue weighted by Gasteiger charge is -2.22. The maximum Gasteiger partial charge on any atom is 0.412 e. The average molecular weight is 356 g/mol. The molecular weight excluding hydrogens is 332 g/mol. The third-order valence-electron chi connectivity index (χ3n) is 4.64. The fourth-order valence-corrected chi connectivity index (χ4v) is 3.25. The first-order valence-electron chi connectivity index (χ1n) is 8.88. The Kier molecular flexibility index (Phi) is 5.75. The number of nitrogens with one attached hydrogen (secondary N) is 1. The molecule has 2 aromatic carbocycles. The summed E-state index contributed by atoms with van der Waals surface area (Å²) in [7, 11) is 0. The number of benzene rings is 2. The van der Waals surface area contributed by atoms with Gasteiger partial charge in [0.25, 0.3) is 0 Å². The third-order valence-corrected chi connectivity index (χ3v) is 4.64. The summed E-state index contributed by atoms with van der Waals surface area (Å²) < 4.78 is 5.38. The highest BCUT2D eigenvalue weighted by Crippen LogP contribution is 2.33. The summed E-state index contributed by atoms with van der Waals surface area (Å²) in [6.07, 6.45) is 3.83. The second kappa shape index (κ2) is 8.21. The van der Waals surface area contributed by atoms with Crippen LogP contribution >= 0.6 is 0 Å². The molecule has 1 aliphatic rings. The molecule has 0 spiro atoms. The monoisotopic (exact) mass is 356 g/mol. The number of aliphatic hydroxyl groups excluding tert-OH is 1. The standard InChI is InChI=1S/C20H24N2O4/c21-19(24)14-6-4-5-13(11-14)17-12-16(9-10-18(17)23)26-20(25)22-15-7-2-1-3-8-15/h4-6,9-12,15,19,23-24H,1-3,7-8,21H2,(H,22,25). The van der Waals surface area contributed by atoms with Gasteiger partial charge in [0.05, 0.1) is 0 Å². The SMILES string of the molecule is NC(O)c1cccc(-c2cc(OC(=O)NC3CCCCC3)ccc2O)c1. The average Bonchev–Trinajstić information content (AvgIpc) is 2.64. The van der Waals surface area contributed by atoms with Crippen LogP contribution in [0.2, 0.25) is 0 Å². The molecule has 1 aliphatic carbocycles. The molecule has 0 saturated heterocycles. The van der Waals surface area contributed by atoms with Crippen LogP contribution in [-0.2, 0) is 0 Å². The molecule has 6 nitrogen and oxygen atoms in total. The Morgan fingerprint density at radius 1 is 1.15 bits per heavy atom. The molecule has 5 N–H and O–H groups in total. The van der Waals surface area contributed by atoms with Gasteiger partial charge in [-0.05, 0) is 48.2 Å². The van der Waals surface area contributed by atoms with E-state index in [1.54, 1.807) is 36.4 Å². The summed E-state index contributed by atoms with van der Waals surface area (Å²) in [6, 6.07) is 11.7. The van der Waals surface area contributed by atoms with E-state index in [0.717, 1.165) is 25.7 Å². The van der Waals surface area contributed by atoms with Crippen molar-refractivity contribution < 1.29 is 19.7 Å². The molecule has 3 rings (SSSR count). The molecule has 1 unspecified atom stereocenters. The van der Waals surface area contributed by atoms with Crippen LogP contribution in [0.5, 0.6) is 11.5 Å². The lowest BCUT2D eigenvalue weighted by atomic mass is 9.96. The Bertz CT molecular complexity index is 770. The summed E-state index contributed by atoms with van der Waals surface area (Å²) in [5.41, 5.74) is 7.19. The number of hydrogen-bond acceptors (Lipinski definition) is 5. The normalized spacial score (nSPS) is 16.1. The second-order valence-corrected chi connectivity index (χ2v) is 6.62. The number of amides is 1. The van der Waals surface area contributed by atoms with Gasteiger partial charge < -0.3 is 26.0 Å². The summed E-state index contributed by atoms with van der Waals surface area (Å²) >= 11 is 0. The van der Waals surface area contributed by atoms with E-state index < -0.39 is 12.3 Å². The van der Waals surface area contributed by atoms with Crippen LogP contribution < -0.4 is 15.8 Å². The number of phenols is 1. The van der Waals surface area contributed by atoms with Gasteiger partial charge in [-0.2, -0.15) is 0 Å². The van der Waals surface area contributed by atoms with Crippen molar-refractivity contribution in [1.29, 1.82) is 0 Å². The van der Waals surface area contributed by atoms with Crippen LogP contribution in [0.1, 0.15) is 43.9 Å². The molecule has 26 heavy (non-hydrogen) atoms. The Hall–Kier alpha value is -2.57. The zero-order valence-corrected chi connectivity index (χ0v) is 14.5. The highest BCUT2D eigenvalue weighted by Gasteiger charge is 2.17. The van der Waals surface area contributed by atoms with Crippen molar-refractivity contribution in [1.82, 2.24) is 5.32 Å². The fourth-order valence-electron chi connectivity index (χ4n) is 3.25. The van der Waals surface area contributed by atoms with Gasteiger partial charge in [-0.3, -0.25) is 0 Å². The van der Waals surface area contributed by atoms with E-state index in [1.165, 1.54) is 12.5 Å². The van der Waals surface area contributed by atoms with Crippen LogP contribution in [0.25, 0.3) is 11.1 Å². The molecule has 0 radical (unpaired) electrons. The Morgan fingerprint density at radius 3 is 2.65 bits per heavy atom. The molecule has 0 aliphatic heterocycles. The fraction of sp³-hybridized carbons (Fsp3) is 0.350. The predicted molar refractivity (Wildman–Crippen MR) is 98.7 cm³/mol. The van der Waals surface area contributed by atoms with Crippen molar-refractivity contribution in [2.75, 3.05) is 0 Å². The Labute approximate surface area is 152 Å². The minimum atomic E-state index is -1.10. The minimum Gasteiger partial charge on any atom is -0.507 e. The zero-order valence-electron chi connectivity index (χ0n) is 14.5. The summed E-state index contributed by atoms with van der Waals surface area (Å²) in [6.45, 7) is 0. The second-order valence-electron chi connectivity index (χ2n) is 6.62. The van der Waals surface area contributed by atoms with E-state index in [-0.39, 0.29) is 11.8 Å². The number of phenolic OH excluding ortho intramolecular Hbond substituents is 1. The van der Waals surface area contributed by atoms with E-state index in [9.17, 15) is 15.0 Å². The van der Waals surface area contributed by atoms with Gasteiger partial charge in [-0.15, -0.1) is 0 Å². The van der Waals surface area contributed by atoms with Crippen molar-refractivity contribution in [2.24, 2.45) is 5.73 Å². The molecule has 1 saturated carbocycles. The van der Waals surface area contributed by atoms with E-state index in [2.05, 4.69) is 5.32 Å². The topological polar surface area (TPSA) is 105 Å². The van der Waals surface area contributed by atoms with Gasteiger partial charge in [-0.1, -0.05) is 37.5 Å². The van der Waals surface area contributed by atoms with Gasteiger partial charge in [0.1, 0.15) is 17.7 Å². The molecular formula is C20H24N2O4. The number of carbonyl (C=O) groups excluding carboxylic acids is 1. The first kappa shape index (κ1) is 18.2.